The van der Waals surface area contributed by atoms with Crippen molar-refractivity contribution in [2.75, 3.05) is 0 Å². The fourth-order valence-corrected chi connectivity index (χ4v) is 3.69. The van der Waals surface area contributed by atoms with E-state index in [1.165, 1.54) is 5.56 Å². The molecule has 0 radical (unpaired) electrons. The standard InChI is InChI=1S/C18H15N3OS/c1-21-10-14(13-7-8-19-16(13)18(21)22)17-15(20-11-23-17)9-12-5-3-2-4-6-12/h2-8,10-11,19H,9H2,1H3. The van der Waals surface area contributed by atoms with E-state index in [1.54, 1.807) is 23.0 Å². The van der Waals surface area contributed by atoms with Crippen molar-refractivity contribution in [3.63, 3.8) is 0 Å². The number of benzene rings is 1. The van der Waals surface area contributed by atoms with Gasteiger partial charge in [-0.05, 0) is 11.6 Å². The molecule has 4 nitrogen and oxygen atoms in total. The Morgan fingerprint density at radius 3 is 2.87 bits per heavy atom. The fraction of sp³-hybridized carbons (Fsp3) is 0.111. The van der Waals surface area contributed by atoms with Gasteiger partial charge in [0, 0.05) is 36.8 Å². The van der Waals surface area contributed by atoms with Crippen molar-refractivity contribution in [1.82, 2.24) is 14.5 Å². The van der Waals surface area contributed by atoms with Gasteiger partial charge in [0.15, 0.2) is 0 Å². The quantitative estimate of drug-likeness (QED) is 0.627. The summed E-state index contributed by atoms with van der Waals surface area (Å²) in [5.74, 6) is 0. The molecule has 0 unspecified atom stereocenters. The molecule has 0 atom stereocenters. The number of aromatic nitrogens is 3. The van der Waals surface area contributed by atoms with Gasteiger partial charge in [0.05, 0.1) is 16.1 Å². The molecule has 0 fully saturated rings. The van der Waals surface area contributed by atoms with E-state index in [4.69, 9.17) is 0 Å². The van der Waals surface area contributed by atoms with Gasteiger partial charge < -0.3 is 9.55 Å². The van der Waals surface area contributed by atoms with Crippen molar-refractivity contribution in [3.8, 4) is 10.4 Å². The third-order valence-electron chi connectivity index (χ3n) is 3.99. The Kier molecular flexibility index (Phi) is 3.35. The monoisotopic (exact) mass is 321 g/mol. The number of aryl methyl sites for hydroxylation is 1. The van der Waals surface area contributed by atoms with Crippen LogP contribution in [-0.4, -0.2) is 14.5 Å². The number of aromatic amines is 1. The molecule has 0 aliphatic rings. The number of nitrogens with zero attached hydrogens (tertiary/aromatic N) is 2. The summed E-state index contributed by atoms with van der Waals surface area (Å²) in [7, 11) is 1.78. The molecule has 0 saturated heterocycles. The predicted octanol–water partition coefficient (Wildman–Crippen LogP) is 3.58. The summed E-state index contributed by atoms with van der Waals surface area (Å²) in [5.41, 5.74) is 5.83. The molecular weight excluding hydrogens is 306 g/mol. The third kappa shape index (κ3) is 2.39. The molecule has 0 saturated carbocycles. The normalized spacial score (nSPS) is 11.2. The number of hydrogen-bond acceptors (Lipinski definition) is 3. The van der Waals surface area contributed by atoms with E-state index in [9.17, 15) is 4.79 Å². The van der Waals surface area contributed by atoms with Gasteiger partial charge in [0.2, 0.25) is 0 Å². The summed E-state index contributed by atoms with van der Waals surface area (Å²) < 4.78 is 1.63. The molecule has 23 heavy (non-hydrogen) atoms. The summed E-state index contributed by atoms with van der Waals surface area (Å²) in [6, 6.07) is 12.3. The van der Waals surface area contributed by atoms with E-state index in [0.29, 0.717) is 5.52 Å². The smallest absolute Gasteiger partial charge is 0.274 e. The van der Waals surface area contributed by atoms with Crippen molar-refractivity contribution in [3.05, 3.63) is 75.9 Å². The topological polar surface area (TPSA) is 50.7 Å². The fourth-order valence-electron chi connectivity index (χ4n) is 2.85. The van der Waals surface area contributed by atoms with Crippen LogP contribution in [0.25, 0.3) is 21.3 Å². The first kappa shape index (κ1) is 14.0. The van der Waals surface area contributed by atoms with Crippen molar-refractivity contribution in [1.29, 1.82) is 0 Å². The van der Waals surface area contributed by atoms with Gasteiger partial charge in [0.1, 0.15) is 5.52 Å². The molecule has 114 valence electrons. The Labute approximate surface area is 137 Å². The SMILES string of the molecule is Cn1cc(-c2scnc2Cc2ccccc2)c2cc[nH]c2c1=O. The van der Waals surface area contributed by atoms with Crippen LogP contribution >= 0.6 is 11.3 Å². The Bertz CT molecular complexity index is 1030. The lowest BCUT2D eigenvalue weighted by molar-refractivity contribution is 0.872. The number of nitrogens with one attached hydrogen (secondary N) is 1. The molecule has 0 amide bonds. The van der Waals surface area contributed by atoms with E-state index in [0.717, 1.165) is 27.9 Å². The molecule has 4 aromatic rings. The molecule has 3 heterocycles. The minimum atomic E-state index is -0.0112. The average Bonchev–Trinajstić information content (AvgIpc) is 3.21. The van der Waals surface area contributed by atoms with Gasteiger partial charge in [-0.3, -0.25) is 4.79 Å². The number of H-pyrrole nitrogens is 1. The van der Waals surface area contributed by atoms with Gasteiger partial charge >= 0.3 is 0 Å². The zero-order valence-corrected chi connectivity index (χ0v) is 13.4. The van der Waals surface area contributed by atoms with Crippen LogP contribution in [0.3, 0.4) is 0 Å². The lowest BCUT2D eigenvalue weighted by Crippen LogP contribution is -2.16. The number of pyridine rings is 1. The second-order valence-corrected chi connectivity index (χ2v) is 6.37. The first-order valence-electron chi connectivity index (χ1n) is 7.37. The highest BCUT2D eigenvalue weighted by Gasteiger charge is 2.15. The Morgan fingerprint density at radius 1 is 1.22 bits per heavy atom. The van der Waals surface area contributed by atoms with E-state index >= 15 is 0 Å². The average molecular weight is 321 g/mol. The van der Waals surface area contributed by atoms with Crippen molar-refractivity contribution in [2.24, 2.45) is 7.05 Å². The van der Waals surface area contributed by atoms with Gasteiger partial charge in [-0.2, -0.15) is 0 Å². The van der Waals surface area contributed by atoms with Gasteiger partial charge in [0.25, 0.3) is 5.56 Å². The van der Waals surface area contributed by atoms with Crippen LogP contribution in [0.1, 0.15) is 11.3 Å². The van der Waals surface area contributed by atoms with Crippen LogP contribution < -0.4 is 5.56 Å². The van der Waals surface area contributed by atoms with Crippen molar-refractivity contribution >= 4 is 22.2 Å². The highest BCUT2D eigenvalue weighted by atomic mass is 32.1. The van der Waals surface area contributed by atoms with E-state index in [1.807, 2.05) is 42.2 Å². The lowest BCUT2D eigenvalue weighted by atomic mass is 10.1. The Balaban J connectivity index is 1.87. The van der Waals surface area contributed by atoms with Crippen molar-refractivity contribution < 1.29 is 0 Å². The van der Waals surface area contributed by atoms with Crippen LogP contribution in [0.5, 0.6) is 0 Å². The first-order valence-corrected chi connectivity index (χ1v) is 8.25. The maximum Gasteiger partial charge on any atom is 0.274 e. The maximum absolute atomic E-state index is 12.2. The van der Waals surface area contributed by atoms with E-state index in [2.05, 4.69) is 22.1 Å². The first-order chi connectivity index (χ1) is 11.2. The van der Waals surface area contributed by atoms with Crippen LogP contribution in [0.4, 0.5) is 0 Å². The molecule has 4 rings (SSSR count). The van der Waals surface area contributed by atoms with E-state index in [-0.39, 0.29) is 5.56 Å². The number of fused-ring (bicyclic) bond motifs is 1. The number of rotatable bonds is 3. The number of thiazole rings is 1. The Hall–Kier alpha value is -2.66. The van der Waals surface area contributed by atoms with E-state index < -0.39 is 0 Å². The minimum absolute atomic E-state index is 0.0112. The van der Waals surface area contributed by atoms with Crippen molar-refractivity contribution in [2.45, 2.75) is 6.42 Å². The summed E-state index contributed by atoms with van der Waals surface area (Å²) in [6.07, 6.45) is 4.50. The molecule has 1 aromatic carbocycles. The van der Waals surface area contributed by atoms with Crippen LogP contribution in [0, 0.1) is 0 Å². The van der Waals surface area contributed by atoms with Gasteiger partial charge in [-0.15, -0.1) is 11.3 Å². The maximum atomic E-state index is 12.2. The molecular formula is C18H15N3OS. The summed E-state index contributed by atoms with van der Waals surface area (Å²) in [6.45, 7) is 0. The predicted molar refractivity (Wildman–Crippen MR) is 93.9 cm³/mol. The summed E-state index contributed by atoms with van der Waals surface area (Å²) in [5, 5.41) is 0.951. The molecule has 0 aliphatic heterocycles. The highest BCUT2D eigenvalue weighted by molar-refractivity contribution is 7.13. The lowest BCUT2D eigenvalue weighted by Gasteiger charge is -2.07. The molecule has 5 heteroatoms. The summed E-state index contributed by atoms with van der Waals surface area (Å²) >= 11 is 1.61. The Morgan fingerprint density at radius 2 is 2.04 bits per heavy atom. The molecule has 0 spiro atoms. The van der Waals surface area contributed by atoms with Gasteiger partial charge in [-0.25, -0.2) is 4.98 Å². The van der Waals surface area contributed by atoms with Crippen LogP contribution in [0.2, 0.25) is 0 Å². The zero-order chi connectivity index (χ0) is 15.8. The largest absolute Gasteiger partial charge is 0.357 e. The second-order valence-electron chi connectivity index (χ2n) is 5.52. The number of hydrogen-bond donors (Lipinski definition) is 1. The van der Waals surface area contributed by atoms with Gasteiger partial charge in [-0.1, -0.05) is 30.3 Å². The van der Waals surface area contributed by atoms with Crippen LogP contribution in [-0.2, 0) is 13.5 Å². The molecule has 1 N–H and O–H groups in total. The molecule has 3 aromatic heterocycles. The molecule has 0 bridgehead atoms. The van der Waals surface area contributed by atoms with Crippen LogP contribution in [0.15, 0.2) is 59.1 Å². The third-order valence-corrected chi connectivity index (χ3v) is 4.90. The highest BCUT2D eigenvalue weighted by Crippen LogP contribution is 2.33. The second kappa shape index (κ2) is 5.52. The zero-order valence-electron chi connectivity index (χ0n) is 12.6. The summed E-state index contributed by atoms with van der Waals surface area (Å²) in [4.78, 5) is 20.9. The molecule has 0 aliphatic carbocycles. The minimum Gasteiger partial charge on any atom is -0.357 e.